The van der Waals surface area contributed by atoms with Crippen molar-refractivity contribution in [2.75, 3.05) is 7.11 Å². The Hall–Kier alpha value is -2.55. The fourth-order valence-corrected chi connectivity index (χ4v) is 2.23. The van der Waals surface area contributed by atoms with E-state index in [1.165, 1.54) is 0 Å². The van der Waals surface area contributed by atoms with Gasteiger partial charge in [-0.2, -0.15) is 0 Å². The summed E-state index contributed by atoms with van der Waals surface area (Å²) < 4.78 is 11.1. The van der Waals surface area contributed by atoms with Gasteiger partial charge in [0.05, 0.1) is 13.2 Å². The summed E-state index contributed by atoms with van der Waals surface area (Å²) >= 11 is 0. The Balaban J connectivity index is 1.87. The molecule has 0 aliphatic carbocycles. The van der Waals surface area contributed by atoms with E-state index in [9.17, 15) is 0 Å². The third-order valence-electron chi connectivity index (χ3n) is 3.32. The van der Waals surface area contributed by atoms with Crippen molar-refractivity contribution < 1.29 is 9.47 Å². The van der Waals surface area contributed by atoms with E-state index in [1.807, 2.05) is 60.7 Å². The van der Waals surface area contributed by atoms with Crippen LogP contribution >= 0.6 is 0 Å². The molecule has 1 atom stereocenters. The molecule has 0 spiro atoms. The molecule has 0 fully saturated rings. The molecule has 1 unspecified atom stereocenters. The average molecular weight is 279 g/mol. The molecule has 0 amide bonds. The molecule has 1 aliphatic rings. The Morgan fingerprint density at radius 1 is 0.952 bits per heavy atom. The molecular formula is C18H17NO2. The summed E-state index contributed by atoms with van der Waals surface area (Å²) in [6, 6.07) is 17.9. The van der Waals surface area contributed by atoms with Crippen molar-refractivity contribution in [3.8, 4) is 5.75 Å². The molecule has 3 rings (SSSR count). The van der Waals surface area contributed by atoms with Crippen LogP contribution in [0, 0.1) is 0 Å². The molecule has 0 saturated heterocycles. The second kappa shape index (κ2) is 5.83. The zero-order valence-corrected chi connectivity index (χ0v) is 12.1. The highest BCUT2D eigenvalue weighted by atomic mass is 16.5. The SMILES string of the molecule is COc1ccc(C2=NC(C)C=C(c3ccccc3)O2)cc1. The van der Waals surface area contributed by atoms with Crippen molar-refractivity contribution in [2.24, 2.45) is 4.99 Å². The maximum atomic E-state index is 5.97. The predicted molar refractivity (Wildman–Crippen MR) is 84.5 cm³/mol. The fourth-order valence-electron chi connectivity index (χ4n) is 2.23. The van der Waals surface area contributed by atoms with Gasteiger partial charge < -0.3 is 9.47 Å². The Bertz CT molecular complexity index is 672. The highest BCUT2D eigenvalue weighted by Gasteiger charge is 2.17. The van der Waals surface area contributed by atoms with Crippen LogP contribution in [-0.2, 0) is 4.74 Å². The van der Waals surface area contributed by atoms with Gasteiger partial charge in [0.15, 0.2) is 0 Å². The van der Waals surface area contributed by atoms with E-state index in [2.05, 4.69) is 11.9 Å². The molecule has 3 nitrogen and oxygen atoms in total. The zero-order valence-electron chi connectivity index (χ0n) is 12.1. The topological polar surface area (TPSA) is 30.8 Å². The van der Waals surface area contributed by atoms with E-state index >= 15 is 0 Å². The number of hydrogen-bond donors (Lipinski definition) is 0. The van der Waals surface area contributed by atoms with Crippen molar-refractivity contribution in [3.63, 3.8) is 0 Å². The van der Waals surface area contributed by atoms with Crippen molar-refractivity contribution in [1.29, 1.82) is 0 Å². The van der Waals surface area contributed by atoms with E-state index in [0.717, 1.165) is 22.6 Å². The first-order chi connectivity index (χ1) is 10.3. The Kier molecular flexibility index (Phi) is 3.73. The fraction of sp³-hybridized carbons (Fsp3) is 0.167. The molecule has 21 heavy (non-hydrogen) atoms. The second-order valence-electron chi connectivity index (χ2n) is 4.90. The number of aliphatic imine (C=N–C) groups is 1. The monoisotopic (exact) mass is 279 g/mol. The van der Waals surface area contributed by atoms with Gasteiger partial charge in [-0.25, -0.2) is 4.99 Å². The van der Waals surface area contributed by atoms with E-state index in [-0.39, 0.29) is 6.04 Å². The van der Waals surface area contributed by atoms with Gasteiger partial charge in [-0.15, -0.1) is 0 Å². The molecule has 106 valence electrons. The summed E-state index contributed by atoms with van der Waals surface area (Å²) in [5.41, 5.74) is 2.01. The highest BCUT2D eigenvalue weighted by Crippen LogP contribution is 2.24. The molecule has 0 saturated carbocycles. The summed E-state index contributed by atoms with van der Waals surface area (Å²) in [7, 11) is 1.65. The summed E-state index contributed by atoms with van der Waals surface area (Å²) in [5, 5.41) is 0. The first kappa shape index (κ1) is 13.4. The van der Waals surface area contributed by atoms with Crippen molar-refractivity contribution in [2.45, 2.75) is 13.0 Å². The van der Waals surface area contributed by atoms with Gasteiger partial charge in [0.25, 0.3) is 0 Å². The van der Waals surface area contributed by atoms with Crippen LogP contribution in [0.5, 0.6) is 5.75 Å². The van der Waals surface area contributed by atoms with Crippen LogP contribution in [0.15, 0.2) is 65.7 Å². The first-order valence-electron chi connectivity index (χ1n) is 6.93. The molecule has 0 bridgehead atoms. The Morgan fingerprint density at radius 2 is 1.67 bits per heavy atom. The number of benzene rings is 2. The number of rotatable bonds is 3. The Morgan fingerprint density at radius 3 is 2.33 bits per heavy atom. The normalized spacial score (nSPS) is 17.5. The van der Waals surface area contributed by atoms with Crippen molar-refractivity contribution >= 4 is 11.7 Å². The van der Waals surface area contributed by atoms with Gasteiger partial charge in [0.2, 0.25) is 5.90 Å². The van der Waals surface area contributed by atoms with Crippen molar-refractivity contribution in [3.05, 3.63) is 71.8 Å². The van der Waals surface area contributed by atoms with Crippen LogP contribution in [0.3, 0.4) is 0 Å². The lowest BCUT2D eigenvalue weighted by atomic mass is 10.1. The highest BCUT2D eigenvalue weighted by molar-refractivity contribution is 5.98. The summed E-state index contributed by atoms with van der Waals surface area (Å²) in [5.74, 6) is 2.32. The second-order valence-corrected chi connectivity index (χ2v) is 4.90. The van der Waals surface area contributed by atoms with Crippen LogP contribution in [0.4, 0.5) is 0 Å². The van der Waals surface area contributed by atoms with Gasteiger partial charge >= 0.3 is 0 Å². The summed E-state index contributed by atoms with van der Waals surface area (Å²) in [6.45, 7) is 2.05. The molecule has 1 heterocycles. The molecular weight excluding hydrogens is 262 g/mol. The lowest BCUT2D eigenvalue weighted by molar-refractivity contribution is 0.414. The van der Waals surface area contributed by atoms with Crippen LogP contribution in [-0.4, -0.2) is 19.0 Å². The Labute approximate surface area is 124 Å². The zero-order chi connectivity index (χ0) is 14.7. The van der Waals surface area contributed by atoms with E-state index in [1.54, 1.807) is 7.11 Å². The standard InChI is InChI=1S/C18H17NO2/c1-13-12-17(14-6-4-3-5-7-14)21-18(19-13)15-8-10-16(20-2)11-9-15/h3-13H,1-2H3. The number of hydrogen-bond acceptors (Lipinski definition) is 3. The summed E-state index contributed by atoms with van der Waals surface area (Å²) in [6.07, 6.45) is 2.03. The predicted octanol–water partition coefficient (Wildman–Crippen LogP) is 3.90. The van der Waals surface area contributed by atoms with E-state index in [0.29, 0.717) is 5.90 Å². The van der Waals surface area contributed by atoms with Crippen molar-refractivity contribution in [1.82, 2.24) is 0 Å². The average Bonchev–Trinajstić information content (AvgIpc) is 2.55. The largest absolute Gasteiger partial charge is 0.497 e. The number of methoxy groups -OCH3 is 1. The van der Waals surface area contributed by atoms with E-state index in [4.69, 9.17) is 9.47 Å². The molecule has 0 N–H and O–H groups in total. The molecule has 2 aromatic rings. The minimum atomic E-state index is 0.0889. The van der Waals surface area contributed by atoms with Gasteiger partial charge in [-0.1, -0.05) is 30.3 Å². The third-order valence-corrected chi connectivity index (χ3v) is 3.32. The summed E-state index contributed by atoms with van der Waals surface area (Å²) in [4.78, 5) is 4.56. The maximum absolute atomic E-state index is 5.97. The van der Waals surface area contributed by atoms with Crippen LogP contribution in [0.25, 0.3) is 5.76 Å². The van der Waals surface area contributed by atoms with Gasteiger partial charge in [0.1, 0.15) is 11.5 Å². The number of nitrogens with zero attached hydrogens (tertiary/aromatic N) is 1. The van der Waals surface area contributed by atoms with Gasteiger partial charge in [-0.05, 0) is 37.3 Å². The minimum absolute atomic E-state index is 0.0889. The molecule has 0 radical (unpaired) electrons. The lowest BCUT2D eigenvalue weighted by Crippen LogP contribution is -2.15. The molecule has 0 aromatic heterocycles. The molecule has 3 heteroatoms. The van der Waals surface area contributed by atoms with Crippen LogP contribution in [0.2, 0.25) is 0 Å². The first-order valence-corrected chi connectivity index (χ1v) is 6.93. The smallest absolute Gasteiger partial charge is 0.222 e. The molecule has 1 aliphatic heterocycles. The van der Waals surface area contributed by atoms with E-state index < -0.39 is 0 Å². The lowest BCUT2D eigenvalue weighted by Gasteiger charge is -2.19. The van der Waals surface area contributed by atoms with Gasteiger partial charge in [-0.3, -0.25) is 0 Å². The number of ether oxygens (including phenoxy) is 2. The molecule has 2 aromatic carbocycles. The maximum Gasteiger partial charge on any atom is 0.222 e. The third kappa shape index (κ3) is 2.97. The van der Waals surface area contributed by atoms with Crippen LogP contribution < -0.4 is 4.74 Å². The quantitative estimate of drug-likeness (QED) is 0.853. The minimum Gasteiger partial charge on any atom is -0.497 e. The van der Waals surface area contributed by atoms with Gasteiger partial charge in [0, 0.05) is 11.1 Å². The van der Waals surface area contributed by atoms with Crippen LogP contribution in [0.1, 0.15) is 18.1 Å².